The Morgan fingerprint density at radius 1 is 1.53 bits per heavy atom. The number of hydrogen-bond donors (Lipinski definition) is 0. The lowest BCUT2D eigenvalue weighted by molar-refractivity contribution is -0.386. The predicted octanol–water partition coefficient (Wildman–Crippen LogP) is -1.34. The van der Waals surface area contributed by atoms with Gasteiger partial charge in [0.1, 0.15) is 0 Å². The SMILES string of the molecule is COc1ncc(CS(=O)(=O)CC(=O)[O-])cc1[N+](=O)[O-]. The zero-order chi connectivity index (χ0) is 14.6. The van der Waals surface area contributed by atoms with Gasteiger partial charge in [-0.05, 0) is 5.56 Å². The minimum Gasteiger partial charge on any atom is -0.549 e. The third-order valence-corrected chi connectivity index (χ3v) is 3.45. The Balaban J connectivity index is 3.07. The number of nitrogens with zero attached hydrogens (tertiary/aromatic N) is 2. The number of carbonyl (C=O) groups excluding carboxylic acids is 1. The van der Waals surface area contributed by atoms with Gasteiger partial charge in [-0.15, -0.1) is 0 Å². The molecule has 0 aliphatic heterocycles. The van der Waals surface area contributed by atoms with E-state index in [1.54, 1.807) is 0 Å². The number of rotatable bonds is 6. The maximum absolute atomic E-state index is 11.4. The predicted molar refractivity (Wildman–Crippen MR) is 59.9 cm³/mol. The Labute approximate surface area is 107 Å². The van der Waals surface area contributed by atoms with Gasteiger partial charge in [-0.1, -0.05) is 0 Å². The average molecular weight is 289 g/mol. The molecule has 0 radical (unpaired) electrons. The molecule has 19 heavy (non-hydrogen) atoms. The smallest absolute Gasteiger partial charge is 0.331 e. The number of nitro groups is 1. The maximum Gasteiger partial charge on any atom is 0.331 e. The summed E-state index contributed by atoms with van der Waals surface area (Å²) in [6, 6.07) is 0.971. The summed E-state index contributed by atoms with van der Waals surface area (Å²) in [5, 5.41) is 21.0. The van der Waals surface area contributed by atoms with E-state index in [0.717, 1.165) is 12.3 Å². The quantitative estimate of drug-likeness (QED) is 0.463. The van der Waals surface area contributed by atoms with E-state index in [-0.39, 0.29) is 11.4 Å². The number of methoxy groups -OCH3 is 1. The molecule has 1 aromatic heterocycles. The molecular weight excluding hydrogens is 280 g/mol. The molecule has 0 aliphatic carbocycles. The first-order chi connectivity index (χ1) is 8.75. The molecule has 9 nitrogen and oxygen atoms in total. The fourth-order valence-electron chi connectivity index (χ4n) is 1.33. The molecule has 0 unspecified atom stereocenters. The van der Waals surface area contributed by atoms with Crippen LogP contribution in [-0.2, 0) is 20.4 Å². The minimum absolute atomic E-state index is 0.00579. The summed E-state index contributed by atoms with van der Waals surface area (Å²) >= 11 is 0. The number of sulfone groups is 1. The van der Waals surface area contributed by atoms with E-state index in [0.29, 0.717) is 0 Å². The van der Waals surface area contributed by atoms with Crippen LogP contribution in [0.4, 0.5) is 5.69 Å². The first kappa shape index (κ1) is 14.8. The number of ether oxygens (including phenoxy) is 1. The second-order valence-corrected chi connectivity index (χ2v) is 5.60. The summed E-state index contributed by atoms with van der Waals surface area (Å²) in [5.41, 5.74) is -0.502. The first-order valence-corrected chi connectivity index (χ1v) is 6.65. The molecule has 10 heteroatoms. The fraction of sp³-hybridized carbons (Fsp3) is 0.333. The van der Waals surface area contributed by atoms with E-state index >= 15 is 0 Å². The largest absolute Gasteiger partial charge is 0.549 e. The molecule has 0 aromatic carbocycles. The van der Waals surface area contributed by atoms with E-state index < -0.39 is 37.9 Å². The van der Waals surface area contributed by atoms with Crippen LogP contribution in [0.15, 0.2) is 12.3 Å². The summed E-state index contributed by atoms with van der Waals surface area (Å²) in [6.07, 6.45) is 1.07. The van der Waals surface area contributed by atoms with Crippen LogP contribution in [0.25, 0.3) is 0 Å². The lowest BCUT2D eigenvalue weighted by atomic mass is 10.3. The lowest BCUT2D eigenvalue weighted by Crippen LogP contribution is -2.31. The standard InChI is InChI=1S/C9H10N2O7S/c1-18-9-7(11(14)15)2-6(3-10-9)4-19(16,17)5-8(12)13/h2-3H,4-5H2,1H3,(H,12,13)/p-1. The van der Waals surface area contributed by atoms with E-state index in [1.165, 1.54) is 7.11 Å². The Bertz CT molecular complexity index is 611. The second-order valence-electron chi connectivity index (χ2n) is 3.53. The Hall–Kier alpha value is -2.23. The minimum atomic E-state index is -3.96. The highest BCUT2D eigenvalue weighted by molar-refractivity contribution is 7.91. The van der Waals surface area contributed by atoms with Crippen LogP contribution in [0.3, 0.4) is 0 Å². The molecule has 0 N–H and O–H groups in total. The first-order valence-electron chi connectivity index (χ1n) is 4.82. The van der Waals surface area contributed by atoms with Crippen LogP contribution in [0.2, 0.25) is 0 Å². The number of aliphatic carboxylic acids is 1. The molecule has 0 atom stereocenters. The number of carbonyl (C=O) groups is 1. The van der Waals surface area contributed by atoms with Crippen LogP contribution in [-0.4, -0.2) is 37.2 Å². The topological polar surface area (TPSA) is 140 Å². The molecule has 1 aromatic rings. The van der Waals surface area contributed by atoms with Crippen LogP contribution >= 0.6 is 0 Å². The molecule has 0 spiro atoms. The van der Waals surface area contributed by atoms with Gasteiger partial charge < -0.3 is 14.6 Å². The van der Waals surface area contributed by atoms with Crippen LogP contribution in [0.1, 0.15) is 5.56 Å². The number of carboxylic acid groups (broad SMARTS) is 1. The van der Waals surface area contributed by atoms with Gasteiger partial charge in [0.15, 0.2) is 9.84 Å². The molecule has 0 fully saturated rings. The Kier molecular flexibility index (Phi) is 4.38. The van der Waals surface area contributed by atoms with Crippen LogP contribution in [0.5, 0.6) is 5.88 Å². The fourth-order valence-corrected chi connectivity index (χ4v) is 2.46. The van der Waals surface area contributed by atoms with Crippen LogP contribution in [0, 0.1) is 10.1 Å². The number of pyridine rings is 1. The van der Waals surface area contributed by atoms with E-state index in [2.05, 4.69) is 9.72 Å². The summed E-state index contributed by atoms with van der Waals surface area (Å²) in [6.45, 7) is 0. The van der Waals surface area contributed by atoms with E-state index in [9.17, 15) is 28.4 Å². The Morgan fingerprint density at radius 3 is 2.63 bits per heavy atom. The van der Waals surface area contributed by atoms with Gasteiger partial charge in [0, 0.05) is 12.3 Å². The molecule has 1 rings (SSSR count). The highest BCUT2D eigenvalue weighted by Gasteiger charge is 2.20. The summed E-state index contributed by atoms with van der Waals surface area (Å²) < 4.78 is 27.4. The van der Waals surface area contributed by atoms with Gasteiger partial charge in [-0.25, -0.2) is 13.4 Å². The van der Waals surface area contributed by atoms with Crippen molar-refractivity contribution in [3.8, 4) is 5.88 Å². The van der Waals surface area contributed by atoms with Gasteiger partial charge in [-0.3, -0.25) is 10.1 Å². The lowest BCUT2D eigenvalue weighted by Gasteiger charge is -2.06. The van der Waals surface area contributed by atoms with Crippen molar-refractivity contribution in [3.05, 3.63) is 27.9 Å². The van der Waals surface area contributed by atoms with Crippen LogP contribution < -0.4 is 9.84 Å². The second kappa shape index (κ2) is 5.61. The van der Waals surface area contributed by atoms with Crippen molar-refractivity contribution >= 4 is 21.5 Å². The van der Waals surface area contributed by atoms with Gasteiger partial charge in [0.25, 0.3) is 5.88 Å². The number of hydrogen-bond acceptors (Lipinski definition) is 8. The van der Waals surface area contributed by atoms with Crippen molar-refractivity contribution < 1.29 is 28.0 Å². The van der Waals surface area contributed by atoms with Gasteiger partial charge in [0.05, 0.1) is 29.5 Å². The zero-order valence-electron chi connectivity index (χ0n) is 9.73. The van der Waals surface area contributed by atoms with Crippen molar-refractivity contribution in [2.24, 2.45) is 0 Å². The summed E-state index contributed by atoms with van der Waals surface area (Å²) in [5.74, 6) is -3.84. The van der Waals surface area contributed by atoms with Crippen molar-refractivity contribution in [1.29, 1.82) is 0 Å². The summed E-state index contributed by atoms with van der Waals surface area (Å²) in [7, 11) is -2.78. The van der Waals surface area contributed by atoms with Gasteiger partial charge in [0.2, 0.25) is 0 Å². The molecule has 0 saturated heterocycles. The highest BCUT2D eigenvalue weighted by Crippen LogP contribution is 2.25. The average Bonchev–Trinajstić information content (AvgIpc) is 2.26. The molecule has 0 saturated carbocycles. The van der Waals surface area contributed by atoms with Gasteiger partial charge >= 0.3 is 5.69 Å². The third kappa shape index (κ3) is 4.17. The summed E-state index contributed by atoms with van der Waals surface area (Å²) in [4.78, 5) is 23.8. The van der Waals surface area contributed by atoms with Crippen molar-refractivity contribution in [2.45, 2.75) is 5.75 Å². The van der Waals surface area contributed by atoms with Crippen molar-refractivity contribution in [2.75, 3.05) is 12.9 Å². The van der Waals surface area contributed by atoms with E-state index in [4.69, 9.17) is 0 Å². The maximum atomic E-state index is 11.4. The molecule has 1 heterocycles. The normalized spacial score (nSPS) is 11.0. The van der Waals surface area contributed by atoms with Crippen molar-refractivity contribution in [1.82, 2.24) is 4.98 Å². The van der Waals surface area contributed by atoms with Crippen molar-refractivity contribution in [3.63, 3.8) is 0 Å². The zero-order valence-corrected chi connectivity index (χ0v) is 10.5. The highest BCUT2D eigenvalue weighted by atomic mass is 32.2. The molecular formula is C9H9N2O7S-. The monoisotopic (exact) mass is 289 g/mol. The number of carboxylic acids is 1. The molecule has 0 aliphatic rings. The number of aromatic nitrogens is 1. The van der Waals surface area contributed by atoms with Gasteiger partial charge in [-0.2, -0.15) is 0 Å². The molecule has 0 bridgehead atoms. The third-order valence-electron chi connectivity index (χ3n) is 2.00. The molecule has 0 amide bonds. The molecule has 104 valence electrons. The van der Waals surface area contributed by atoms with E-state index in [1.807, 2.05) is 0 Å². The Morgan fingerprint density at radius 2 is 2.16 bits per heavy atom.